The summed E-state index contributed by atoms with van der Waals surface area (Å²) in [6.07, 6.45) is 3.43. The lowest BCUT2D eigenvalue weighted by Gasteiger charge is -2.47. The van der Waals surface area contributed by atoms with Crippen LogP contribution >= 0.6 is 0 Å². The summed E-state index contributed by atoms with van der Waals surface area (Å²) in [5.41, 5.74) is -0.0767. The zero-order chi connectivity index (χ0) is 17.7. The van der Waals surface area contributed by atoms with Gasteiger partial charge in [0.15, 0.2) is 0 Å². The van der Waals surface area contributed by atoms with E-state index in [1.54, 1.807) is 11.9 Å². The van der Waals surface area contributed by atoms with Gasteiger partial charge in [-0.1, -0.05) is 0 Å². The molecule has 25 heavy (non-hydrogen) atoms. The van der Waals surface area contributed by atoms with Gasteiger partial charge in [-0.05, 0) is 25.7 Å². The van der Waals surface area contributed by atoms with Crippen LogP contribution in [0.5, 0.6) is 0 Å². The molecule has 0 aromatic carbocycles. The summed E-state index contributed by atoms with van der Waals surface area (Å²) in [7, 11) is 1.78. The normalized spacial score (nSPS) is 27.8. The molecule has 8 nitrogen and oxygen atoms in total. The van der Waals surface area contributed by atoms with Gasteiger partial charge in [-0.3, -0.25) is 9.69 Å². The summed E-state index contributed by atoms with van der Waals surface area (Å²) in [5.74, 6) is -0.00430. The van der Waals surface area contributed by atoms with Crippen molar-refractivity contribution in [2.24, 2.45) is 0 Å². The average Bonchev–Trinajstić information content (AvgIpc) is 2.65. The molecule has 3 heterocycles. The lowest BCUT2D eigenvalue weighted by molar-refractivity contribution is -0.134. The van der Waals surface area contributed by atoms with Gasteiger partial charge in [0, 0.05) is 52.0 Å². The average molecular weight is 354 g/mol. The SMILES string of the molecule is CN1CCCC(NC(=O)NCC2(N3CCOCC3)CCOCC2)C1=O. The number of nitrogens with zero attached hydrogens (tertiary/aromatic N) is 2. The molecular formula is C17H30N4O4. The molecule has 0 radical (unpaired) electrons. The molecule has 1 unspecified atom stereocenters. The summed E-state index contributed by atoms with van der Waals surface area (Å²) >= 11 is 0. The van der Waals surface area contributed by atoms with E-state index in [0.717, 1.165) is 52.1 Å². The van der Waals surface area contributed by atoms with Gasteiger partial charge in [-0.2, -0.15) is 0 Å². The molecular weight excluding hydrogens is 324 g/mol. The largest absolute Gasteiger partial charge is 0.381 e. The van der Waals surface area contributed by atoms with Crippen molar-refractivity contribution in [3.05, 3.63) is 0 Å². The van der Waals surface area contributed by atoms with E-state index in [-0.39, 0.29) is 17.5 Å². The van der Waals surface area contributed by atoms with Crippen LogP contribution in [0.3, 0.4) is 0 Å². The molecule has 1 atom stereocenters. The highest BCUT2D eigenvalue weighted by Crippen LogP contribution is 2.28. The van der Waals surface area contributed by atoms with Crippen molar-refractivity contribution in [1.29, 1.82) is 0 Å². The molecule has 0 aliphatic carbocycles. The number of carbonyl (C=O) groups is 2. The maximum absolute atomic E-state index is 12.4. The van der Waals surface area contributed by atoms with Gasteiger partial charge in [0.1, 0.15) is 6.04 Å². The van der Waals surface area contributed by atoms with Crippen LogP contribution in [-0.2, 0) is 14.3 Å². The number of rotatable bonds is 4. The number of carbonyl (C=O) groups excluding carboxylic acids is 2. The van der Waals surface area contributed by atoms with E-state index in [1.165, 1.54) is 0 Å². The Labute approximate surface area is 149 Å². The van der Waals surface area contributed by atoms with Gasteiger partial charge < -0.3 is 25.0 Å². The predicted octanol–water partition coefficient (Wildman–Crippen LogP) is -0.212. The minimum atomic E-state index is -0.409. The molecule has 8 heteroatoms. The molecule has 2 N–H and O–H groups in total. The zero-order valence-corrected chi connectivity index (χ0v) is 15.1. The van der Waals surface area contributed by atoms with E-state index in [4.69, 9.17) is 9.47 Å². The fourth-order valence-electron chi connectivity index (χ4n) is 4.01. The number of piperidine rings is 1. The van der Waals surface area contributed by atoms with E-state index in [0.29, 0.717) is 26.2 Å². The Hall–Kier alpha value is -1.38. The Bertz CT molecular complexity index is 475. The van der Waals surface area contributed by atoms with Crippen molar-refractivity contribution in [2.45, 2.75) is 37.3 Å². The molecule has 0 bridgehead atoms. The van der Waals surface area contributed by atoms with Gasteiger partial charge in [0.2, 0.25) is 5.91 Å². The van der Waals surface area contributed by atoms with E-state index in [2.05, 4.69) is 15.5 Å². The Kier molecular flexibility index (Phi) is 6.14. The van der Waals surface area contributed by atoms with E-state index in [9.17, 15) is 9.59 Å². The predicted molar refractivity (Wildman–Crippen MR) is 92.4 cm³/mol. The minimum Gasteiger partial charge on any atom is -0.381 e. The fraction of sp³-hybridized carbons (Fsp3) is 0.882. The van der Waals surface area contributed by atoms with E-state index >= 15 is 0 Å². The zero-order valence-electron chi connectivity index (χ0n) is 15.1. The highest BCUT2D eigenvalue weighted by Gasteiger charge is 2.39. The van der Waals surface area contributed by atoms with E-state index < -0.39 is 6.04 Å². The van der Waals surface area contributed by atoms with Crippen molar-refractivity contribution in [3.8, 4) is 0 Å². The molecule has 3 aliphatic heterocycles. The number of nitrogens with one attached hydrogen (secondary N) is 2. The molecule has 0 spiro atoms. The highest BCUT2D eigenvalue weighted by atomic mass is 16.5. The topological polar surface area (TPSA) is 83.1 Å². The number of likely N-dealkylation sites (tertiary alicyclic amines) is 1. The summed E-state index contributed by atoms with van der Waals surface area (Å²) in [4.78, 5) is 28.6. The quantitative estimate of drug-likeness (QED) is 0.730. The molecule has 3 amide bonds. The van der Waals surface area contributed by atoms with Crippen LogP contribution in [0.25, 0.3) is 0 Å². The number of ether oxygens (including phenoxy) is 2. The molecule has 0 aromatic rings. The van der Waals surface area contributed by atoms with Crippen molar-refractivity contribution < 1.29 is 19.1 Å². The van der Waals surface area contributed by atoms with Crippen LogP contribution in [0, 0.1) is 0 Å². The lowest BCUT2D eigenvalue weighted by Crippen LogP contribution is -2.62. The molecule has 3 fully saturated rings. The first-order valence-electron chi connectivity index (χ1n) is 9.31. The molecule has 3 rings (SSSR count). The first-order chi connectivity index (χ1) is 12.1. The summed E-state index contributed by atoms with van der Waals surface area (Å²) in [6, 6.07) is -0.666. The third kappa shape index (κ3) is 4.43. The van der Waals surface area contributed by atoms with Crippen LogP contribution in [-0.4, -0.2) is 93.0 Å². The fourth-order valence-corrected chi connectivity index (χ4v) is 4.01. The second-order valence-electron chi connectivity index (χ2n) is 7.22. The van der Waals surface area contributed by atoms with Gasteiger partial charge in [0.05, 0.1) is 13.2 Å². The van der Waals surface area contributed by atoms with Crippen LogP contribution < -0.4 is 10.6 Å². The van der Waals surface area contributed by atoms with Gasteiger partial charge >= 0.3 is 6.03 Å². The van der Waals surface area contributed by atoms with Crippen molar-refractivity contribution >= 4 is 11.9 Å². The summed E-state index contributed by atoms with van der Waals surface area (Å²) in [5, 5.41) is 5.86. The molecule has 3 aliphatic rings. The smallest absolute Gasteiger partial charge is 0.315 e. The van der Waals surface area contributed by atoms with Gasteiger partial charge in [-0.15, -0.1) is 0 Å². The number of urea groups is 1. The first kappa shape index (κ1) is 18.4. The summed E-state index contributed by atoms with van der Waals surface area (Å²) in [6.45, 7) is 6.00. The Balaban J connectivity index is 1.55. The van der Waals surface area contributed by atoms with Crippen molar-refractivity contribution in [1.82, 2.24) is 20.4 Å². The Morgan fingerprint density at radius 1 is 1.16 bits per heavy atom. The minimum absolute atomic E-state index is 0.00430. The summed E-state index contributed by atoms with van der Waals surface area (Å²) < 4.78 is 11.0. The maximum atomic E-state index is 12.4. The van der Waals surface area contributed by atoms with E-state index in [1.807, 2.05) is 0 Å². The van der Waals surface area contributed by atoms with Crippen LogP contribution in [0.4, 0.5) is 4.79 Å². The van der Waals surface area contributed by atoms with Gasteiger partial charge in [-0.25, -0.2) is 4.79 Å². The monoisotopic (exact) mass is 354 g/mol. The third-order valence-corrected chi connectivity index (χ3v) is 5.65. The Morgan fingerprint density at radius 2 is 1.84 bits per heavy atom. The standard InChI is InChI=1S/C17H30N4O4/c1-20-6-2-3-14(15(20)22)19-16(23)18-13-17(4-9-24-10-5-17)21-7-11-25-12-8-21/h14H,2-13H2,1H3,(H2,18,19,23). The second kappa shape index (κ2) is 8.33. The molecule has 3 saturated heterocycles. The lowest BCUT2D eigenvalue weighted by atomic mass is 9.87. The number of hydrogen-bond donors (Lipinski definition) is 2. The number of amides is 3. The number of morpholine rings is 1. The molecule has 0 saturated carbocycles. The second-order valence-corrected chi connectivity index (χ2v) is 7.22. The number of likely N-dealkylation sites (N-methyl/N-ethyl adjacent to an activating group) is 1. The number of hydrogen-bond acceptors (Lipinski definition) is 5. The molecule has 0 aromatic heterocycles. The van der Waals surface area contributed by atoms with Crippen LogP contribution in [0.15, 0.2) is 0 Å². The third-order valence-electron chi connectivity index (χ3n) is 5.65. The van der Waals surface area contributed by atoms with Crippen molar-refractivity contribution in [2.75, 3.05) is 59.7 Å². The first-order valence-corrected chi connectivity index (χ1v) is 9.31. The molecule has 142 valence electrons. The van der Waals surface area contributed by atoms with Gasteiger partial charge in [0.25, 0.3) is 0 Å². The van der Waals surface area contributed by atoms with Crippen LogP contribution in [0.1, 0.15) is 25.7 Å². The Morgan fingerprint density at radius 3 is 2.56 bits per heavy atom. The highest BCUT2D eigenvalue weighted by molar-refractivity contribution is 5.87. The maximum Gasteiger partial charge on any atom is 0.315 e. The van der Waals surface area contributed by atoms with Crippen LogP contribution in [0.2, 0.25) is 0 Å². The van der Waals surface area contributed by atoms with Crippen molar-refractivity contribution in [3.63, 3.8) is 0 Å².